The molecular weight excluding hydrogens is 170 g/mol. The second-order valence-electron chi connectivity index (χ2n) is 3.77. The van der Waals surface area contributed by atoms with Crippen molar-refractivity contribution in [3.63, 3.8) is 0 Å². The van der Waals surface area contributed by atoms with Crippen molar-refractivity contribution in [3.05, 3.63) is 35.4 Å². The van der Waals surface area contributed by atoms with E-state index in [0.29, 0.717) is 5.92 Å². The molecular formula is C13H21N. The van der Waals surface area contributed by atoms with Gasteiger partial charge in [-0.2, -0.15) is 0 Å². The molecule has 0 aromatic heterocycles. The maximum absolute atomic E-state index is 5.81. The molecule has 0 aliphatic heterocycles. The third-order valence-corrected chi connectivity index (χ3v) is 2.80. The van der Waals surface area contributed by atoms with Crippen LogP contribution in [0.2, 0.25) is 0 Å². The zero-order valence-corrected chi connectivity index (χ0v) is 9.29. The molecule has 0 fully saturated rings. The molecule has 0 aliphatic rings. The molecule has 0 heterocycles. The van der Waals surface area contributed by atoms with Gasteiger partial charge in [-0.1, -0.05) is 44.5 Å². The Morgan fingerprint density at radius 1 is 1.21 bits per heavy atom. The van der Waals surface area contributed by atoms with Gasteiger partial charge in [-0.3, -0.25) is 0 Å². The predicted octanol–water partition coefficient (Wildman–Crippen LogP) is 3.09. The maximum atomic E-state index is 5.81. The third kappa shape index (κ3) is 2.58. The molecule has 0 amide bonds. The summed E-state index contributed by atoms with van der Waals surface area (Å²) in [5, 5.41) is 0. The zero-order chi connectivity index (χ0) is 10.4. The van der Waals surface area contributed by atoms with Crippen molar-refractivity contribution in [2.75, 3.05) is 6.54 Å². The van der Waals surface area contributed by atoms with E-state index in [1.165, 1.54) is 24.0 Å². The molecule has 14 heavy (non-hydrogen) atoms. The first kappa shape index (κ1) is 11.3. The third-order valence-electron chi connectivity index (χ3n) is 2.80. The molecule has 0 radical (unpaired) electrons. The lowest BCUT2D eigenvalue weighted by Gasteiger charge is -2.17. The monoisotopic (exact) mass is 191 g/mol. The summed E-state index contributed by atoms with van der Waals surface area (Å²) >= 11 is 0. The Kier molecular flexibility index (Phi) is 4.68. The molecule has 0 saturated heterocycles. The first-order valence-electron chi connectivity index (χ1n) is 5.61. The molecule has 1 aromatic carbocycles. The largest absolute Gasteiger partial charge is 0.330 e. The maximum Gasteiger partial charge on any atom is -0.000814 e. The van der Waals surface area contributed by atoms with Gasteiger partial charge in [0.1, 0.15) is 0 Å². The van der Waals surface area contributed by atoms with Gasteiger partial charge < -0.3 is 5.73 Å². The lowest BCUT2D eigenvalue weighted by Crippen LogP contribution is -2.13. The van der Waals surface area contributed by atoms with Crippen molar-refractivity contribution >= 4 is 0 Å². The quantitative estimate of drug-likeness (QED) is 0.760. The standard InChI is InChI=1S/C13H21N/c1-3-7-12(10-14)13-9-6-5-8-11(13)4-2/h5-6,8-9,12H,3-4,7,10,14H2,1-2H3. The van der Waals surface area contributed by atoms with Crippen LogP contribution >= 0.6 is 0 Å². The van der Waals surface area contributed by atoms with E-state index < -0.39 is 0 Å². The number of hydrogen-bond donors (Lipinski definition) is 1. The van der Waals surface area contributed by atoms with Crippen LogP contribution in [-0.4, -0.2) is 6.54 Å². The topological polar surface area (TPSA) is 26.0 Å². The highest BCUT2D eigenvalue weighted by molar-refractivity contribution is 5.30. The fourth-order valence-electron chi connectivity index (χ4n) is 2.00. The Labute approximate surface area is 87.3 Å². The minimum absolute atomic E-state index is 0.552. The highest BCUT2D eigenvalue weighted by Crippen LogP contribution is 2.23. The van der Waals surface area contributed by atoms with Crippen LogP contribution in [0.3, 0.4) is 0 Å². The summed E-state index contributed by atoms with van der Waals surface area (Å²) in [5.74, 6) is 0.552. The van der Waals surface area contributed by atoms with Crippen molar-refractivity contribution in [3.8, 4) is 0 Å². The van der Waals surface area contributed by atoms with Crippen molar-refractivity contribution in [2.45, 2.75) is 39.0 Å². The van der Waals surface area contributed by atoms with Crippen LogP contribution in [0.1, 0.15) is 43.7 Å². The van der Waals surface area contributed by atoms with E-state index in [1.807, 2.05) is 0 Å². The van der Waals surface area contributed by atoms with Crippen molar-refractivity contribution in [1.29, 1.82) is 0 Å². The van der Waals surface area contributed by atoms with E-state index in [4.69, 9.17) is 5.73 Å². The summed E-state index contributed by atoms with van der Waals surface area (Å²) in [6.45, 7) is 5.19. The minimum Gasteiger partial charge on any atom is -0.330 e. The van der Waals surface area contributed by atoms with Crippen LogP contribution in [0.5, 0.6) is 0 Å². The fraction of sp³-hybridized carbons (Fsp3) is 0.538. The molecule has 1 nitrogen and oxygen atoms in total. The first-order chi connectivity index (χ1) is 6.83. The molecule has 0 spiro atoms. The van der Waals surface area contributed by atoms with Gasteiger partial charge in [0.05, 0.1) is 0 Å². The van der Waals surface area contributed by atoms with Crippen LogP contribution < -0.4 is 5.73 Å². The summed E-state index contributed by atoms with van der Waals surface area (Å²) < 4.78 is 0. The summed E-state index contributed by atoms with van der Waals surface area (Å²) in [6.07, 6.45) is 3.52. The van der Waals surface area contributed by atoms with Crippen molar-refractivity contribution in [1.82, 2.24) is 0 Å². The summed E-state index contributed by atoms with van der Waals surface area (Å²) in [6, 6.07) is 8.67. The predicted molar refractivity (Wildman–Crippen MR) is 62.5 cm³/mol. The molecule has 0 aliphatic carbocycles. The number of rotatable bonds is 5. The normalized spacial score (nSPS) is 12.8. The van der Waals surface area contributed by atoms with E-state index in [-0.39, 0.29) is 0 Å². The summed E-state index contributed by atoms with van der Waals surface area (Å²) in [7, 11) is 0. The lowest BCUT2D eigenvalue weighted by molar-refractivity contribution is 0.617. The highest BCUT2D eigenvalue weighted by atomic mass is 14.5. The Bertz CT molecular complexity index is 268. The van der Waals surface area contributed by atoms with Gasteiger partial charge in [-0.05, 0) is 36.4 Å². The second-order valence-corrected chi connectivity index (χ2v) is 3.77. The second kappa shape index (κ2) is 5.82. The van der Waals surface area contributed by atoms with Crippen LogP contribution in [0.15, 0.2) is 24.3 Å². The molecule has 2 N–H and O–H groups in total. The van der Waals surface area contributed by atoms with E-state index in [0.717, 1.165) is 13.0 Å². The van der Waals surface area contributed by atoms with Gasteiger partial charge >= 0.3 is 0 Å². The molecule has 1 unspecified atom stereocenters. The van der Waals surface area contributed by atoms with Gasteiger partial charge in [0, 0.05) is 0 Å². The molecule has 78 valence electrons. The Morgan fingerprint density at radius 3 is 2.50 bits per heavy atom. The van der Waals surface area contributed by atoms with E-state index in [1.54, 1.807) is 0 Å². The lowest BCUT2D eigenvalue weighted by atomic mass is 9.90. The SMILES string of the molecule is CCCC(CN)c1ccccc1CC. The van der Waals surface area contributed by atoms with Gasteiger partial charge in [-0.25, -0.2) is 0 Å². The minimum atomic E-state index is 0.552. The Balaban J connectivity index is 2.90. The van der Waals surface area contributed by atoms with Crippen LogP contribution in [-0.2, 0) is 6.42 Å². The van der Waals surface area contributed by atoms with Gasteiger partial charge in [0.25, 0.3) is 0 Å². The van der Waals surface area contributed by atoms with E-state index in [2.05, 4.69) is 38.1 Å². The number of nitrogens with two attached hydrogens (primary N) is 1. The first-order valence-corrected chi connectivity index (χ1v) is 5.61. The van der Waals surface area contributed by atoms with Crippen LogP contribution in [0.25, 0.3) is 0 Å². The number of hydrogen-bond acceptors (Lipinski definition) is 1. The van der Waals surface area contributed by atoms with Crippen molar-refractivity contribution in [2.24, 2.45) is 5.73 Å². The molecule has 0 bridgehead atoms. The number of benzene rings is 1. The summed E-state index contributed by atoms with van der Waals surface area (Å²) in [4.78, 5) is 0. The zero-order valence-electron chi connectivity index (χ0n) is 9.29. The van der Waals surface area contributed by atoms with Gasteiger partial charge in [0.2, 0.25) is 0 Å². The molecule has 1 rings (SSSR count). The molecule has 1 atom stereocenters. The van der Waals surface area contributed by atoms with Crippen molar-refractivity contribution < 1.29 is 0 Å². The number of aryl methyl sites for hydroxylation is 1. The van der Waals surface area contributed by atoms with Gasteiger partial charge in [-0.15, -0.1) is 0 Å². The summed E-state index contributed by atoms with van der Waals surface area (Å²) in [5.41, 5.74) is 8.73. The highest BCUT2D eigenvalue weighted by Gasteiger charge is 2.11. The molecule has 1 heteroatoms. The van der Waals surface area contributed by atoms with Gasteiger partial charge in [0.15, 0.2) is 0 Å². The van der Waals surface area contributed by atoms with E-state index >= 15 is 0 Å². The molecule has 1 aromatic rings. The Hall–Kier alpha value is -0.820. The average Bonchev–Trinajstić information content (AvgIpc) is 2.26. The molecule has 0 saturated carbocycles. The van der Waals surface area contributed by atoms with Crippen LogP contribution in [0, 0.1) is 0 Å². The van der Waals surface area contributed by atoms with E-state index in [9.17, 15) is 0 Å². The fourth-order valence-corrected chi connectivity index (χ4v) is 2.00. The Morgan fingerprint density at radius 2 is 1.93 bits per heavy atom. The average molecular weight is 191 g/mol. The smallest absolute Gasteiger partial charge is 0.000814 e. The van der Waals surface area contributed by atoms with Crippen LogP contribution in [0.4, 0.5) is 0 Å².